The maximum absolute atomic E-state index is 12.9. The van der Waals surface area contributed by atoms with Crippen LogP contribution in [0.15, 0.2) is 63.6 Å². The Hall–Kier alpha value is -3.29. The molecule has 0 aliphatic carbocycles. The molecule has 0 radical (unpaired) electrons. The van der Waals surface area contributed by atoms with E-state index in [0.29, 0.717) is 12.1 Å². The second-order valence-corrected chi connectivity index (χ2v) is 9.19. The molecule has 0 saturated carbocycles. The summed E-state index contributed by atoms with van der Waals surface area (Å²) in [6.07, 6.45) is 0. The summed E-state index contributed by atoms with van der Waals surface area (Å²) in [7, 11) is 2.78. The van der Waals surface area contributed by atoms with Crippen molar-refractivity contribution in [3.05, 3.63) is 74.7 Å². The molecule has 10 heteroatoms. The lowest BCUT2D eigenvalue weighted by atomic mass is 9.78. The molecule has 1 aliphatic rings. The molecule has 34 heavy (non-hydrogen) atoms. The van der Waals surface area contributed by atoms with Gasteiger partial charge in [-0.15, -0.1) is 0 Å². The van der Waals surface area contributed by atoms with Crippen molar-refractivity contribution in [3.63, 3.8) is 0 Å². The molecule has 3 rings (SSSR count). The molecule has 8 nitrogen and oxygen atoms in total. The average Bonchev–Trinajstić information content (AvgIpc) is 2.85. The first-order valence-electron chi connectivity index (χ1n) is 10.2. The van der Waals surface area contributed by atoms with E-state index in [1.54, 1.807) is 43.5 Å². The number of thioether (sulfide) groups is 1. The van der Waals surface area contributed by atoms with Gasteiger partial charge in [-0.1, -0.05) is 52.0 Å². The molecule has 0 bridgehead atoms. The molecule has 0 unspecified atom stereocenters. The van der Waals surface area contributed by atoms with Crippen molar-refractivity contribution in [2.45, 2.75) is 12.5 Å². The zero-order chi connectivity index (χ0) is 24.7. The summed E-state index contributed by atoms with van der Waals surface area (Å²) in [5.41, 5.74) is 1.71. The van der Waals surface area contributed by atoms with E-state index in [1.165, 1.54) is 7.11 Å². The quantitative estimate of drug-likeness (QED) is 0.387. The molecule has 0 saturated heterocycles. The smallest absolute Gasteiger partial charge is 0.319 e. The zero-order valence-electron chi connectivity index (χ0n) is 18.5. The summed E-state index contributed by atoms with van der Waals surface area (Å²) < 4.78 is 10.7. The van der Waals surface area contributed by atoms with Crippen molar-refractivity contribution in [3.8, 4) is 11.8 Å². The average molecular weight is 544 g/mol. The van der Waals surface area contributed by atoms with Crippen molar-refractivity contribution in [2.75, 3.05) is 20.0 Å². The van der Waals surface area contributed by atoms with Crippen LogP contribution in [-0.4, -0.2) is 37.8 Å². The van der Waals surface area contributed by atoms with E-state index in [2.05, 4.69) is 32.6 Å². The molecule has 2 atom stereocenters. The van der Waals surface area contributed by atoms with Gasteiger partial charge in [-0.25, -0.2) is 0 Å². The van der Waals surface area contributed by atoms with Gasteiger partial charge in [-0.2, -0.15) is 5.26 Å². The monoisotopic (exact) mass is 543 g/mol. The van der Waals surface area contributed by atoms with Crippen LogP contribution in [0.1, 0.15) is 17.0 Å². The lowest BCUT2D eigenvalue weighted by Gasteiger charge is -2.31. The van der Waals surface area contributed by atoms with Crippen LogP contribution in [0.2, 0.25) is 0 Å². The van der Waals surface area contributed by atoms with Gasteiger partial charge in [0.05, 0.1) is 36.6 Å². The summed E-state index contributed by atoms with van der Waals surface area (Å²) in [5.74, 6) is -2.96. The number of nitrogens with zero attached hydrogens (tertiary/aromatic N) is 1. The number of amides is 2. The third-order valence-electron chi connectivity index (χ3n) is 5.19. The van der Waals surface area contributed by atoms with Crippen molar-refractivity contribution in [1.29, 1.82) is 5.26 Å². The van der Waals surface area contributed by atoms with Crippen LogP contribution < -0.4 is 15.4 Å². The van der Waals surface area contributed by atoms with Gasteiger partial charge in [0.25, 0.3) is 0 Å². The first-order valence-corrected chi connectivity index (χ1v) is 12.0. The number of carbonyl (C=O) groups excluding carboxylic acids is 3. The van der Waals surface area contributed by atoms with Crippen LogP contribution in [0.25, 0.3) is 0 Å². The van der Waals surface area contributed by atoms with Crippen LogP contribution in [0.3, 0.4) is 0 Å². The second-order valence-electron chi connectivity index (χ2n) is 7.29. The van der Waals surface area contributed by atoms with Gasteiger partial charge >= 0.3 is 5.97 Å². The van der Waals surface area contributed by atoms with Gasteiger partial charge in [0.1, 0.15) is 11.7 Å². The molecule has 1 aliphatic heterocycles. The van der Waals surface area contributed by atoms with Crippen LogP contribution in [0.5, 0.6) is 5.75 Å². The molecule has 2 amide bonds. The number of halogens is 1. The van der Waals surface area contributed by atoms with E-state index in [-0.39, 0.29) is 22.3 Å². The molecule has 0 fully saturated rings. The summed E-state index contributed by atoms with van der Waals surface area (Å²) in [4.78, 5) is 37.7. The Morgan fingerprint density at radius 1 is 1.21 bits per heavy atom. The summed E-state index contributed by atoms with van der Waals surface area (Å²) in [6.45, 7) is 0.324. The molecule has 176 valence electrons. The fraction of sp³-hybridized carbons (Fsp3) is 0.250. The van der Waals surface area contributed by atoms with Crippen molar-refractivity contribution >= 4 is 45.5 Å². The van der Waals surface area contributed by atoms with Gasteiger partial charge < -0.3 is 20.1 Å². The van der Waals surface area contributed by atoms with Crippen LogP contribution in [0.4, 0.5) is 0 Å². The van der Waals surface area contributed by atoms with Gasteiger partial charge in [-0.05, 0) is 35.4 Å². The van der Waals surface area contributed by atoms with Crippen molar-refractivity contribution in [2.24, 2.45) is 5.92 Å². The normalized spacial score (nSPS) is 17.4. The Morgan fingerprint density at radius 3 is 2.56 bits per heavy atom. The molecule has 1 heterocycles. The summed E-state index contributed by atoms with van der Waals surface area (Å²) >= 11 is 4.42. The van der Waals surface area contributed by atoms with Gasteiger partial charge in [0.2, 0.25) is 11.8 Å². The number of ether oxygens (including phenoxy) is 2. The number of hydrogen-bond acceptors (Lipinski definition) is 7. The SMILES string of the molecule is COC(=O)[C@H]1C(=O)NC(SCC(=O)NCc2ccc(OC)cc2)=C(C#N)[C@@H]1c1cccc(Br)c1. The standard InChI is InChI=1S/C24H22BrN3O5S/c1-32-17-8-6-14(7-9-17)12-27-19(29)13-34-23-18(11-26)20(15-4-3-5-16(25)10-15)21(22(30)28-23)24(31)33-2/h3-10,20-21H,12-13H2,1-2H3,(H,27,29)(H,28,30)/t20-,21+/m0/s1. The molecular weight excluding hydrogens is 522 g/mol. The fourth-order valence-corrected chi connectivity index (χ4v) is 4.81. The third-order valence-corrected chi connectivity index (χ3v) is 6.70. The number of carbonyl (C=O) groups is 3. The zero-order valence-corrected chi connectivity index (χ0v) is 20.9. The predicted molar refractivity (Wildman–Crippen MR) is 130 cm³/mol. The topological polar surface area (TPSA) is 118 Å². The van der Waals surface area contributed by atoms with E-state index in [1.807, 2.05) is 12.1 Å². The van der Waals surface area contributed by atoms with E-state index in [9.17, 15) is 19.6 Å². The van der Waals surface area contributed by atoms with Crippen molar-refractivity contribution in [1.82, 2.24) is 10.6 Å². The molecule has 2 aromatic carbocycles. The van der Waals surface area contributed by atoms with E-state index in [0.717, 1.165) is 27.5 Å². The summed E-state index contributed by atoms with van der Waals surface area (Å²) in [5, 5.41) is 15.6. The molecule has 2 N–H and O–H groups in total. The highest BCUT2D eigenvalue weighted by atomic mass is 79.9. The van der Waals surface area contributed by atoms with E-state index in [4.69, 9.17) is 9.47 Å². The number of hydrogen-bond donors (Lipinski definition) is 2. The third kappa shape index (κ3) is 5.98. The Labute approximate surface area is 209 Å². The Kier molecular flexibility index (Phi) is 8.73. The Balaban J connectivity index is 1.78. The number of esters is 1. The minimum atomic E-state index is -1.22. The first-order chi connectivity index (χ1) is 16.4. The lowest BCUT2D eigenvalue weighted by Crippen LogP contribution is -2.44. The highest BCUT2D eigenvalue weighted by Gasteiger charge is 2.44. The van der Waals surface area contributed by atoms with E-state index >= 15 is 0 Å². The van der Waals surface area contributed by atoms with Gasteiger partial charge in [-0.3, -0.25) is 14.4 Å². The Morgan fingerprint density at radius 2 is 1.94 bits per heavy atom. The van der Waals surface area contributed by atoms with Crippen LogP contribution in [-0.2, 0) is 25.7 Å². The number of allylic oxidation sites excluding steroid dienone is 1. The van der Waals surface area contributed by atoms with Crippen LogP contribution >= 0.6 is 27.7 Å². The second kappa shape index (κ2) is 11.7. The highest BCUT2D eigenvalue weighted by molar-refractivity contribution is 9.10. The van der Waals surface area contributed by atoms with Gasteiger partial charge in [0, 0.05) is 16.9 Å². The number of nitriles is 1. The summed E-state index contributed by atoms with van der Waals surface area (Å²) in [6, 6.07) is 16.5. The molecule has 0 aromatic heterocycles. The maximum Gasteiger partial charge on any atom is 0.319 e. The minimum absolute atomic E-state index is 0.0228. The fourth-order valence-electron chi connectivity index (χ4n) is 3.51. The number of nitrogens with one attached hydrogen (secondary N) is 2. The van der Waals surface area contributed by atoms with E-state index < -0.39 is 23.7 Å². The van der Waals surface area contributed by atoms with Gasteiger partial charge in [0.15, 0.2) is 0 Å². The predicted octanol–water partition coefficient (Wildman–Crippen LogP) is 3.25. The lowest BCUT2D eigenvalue weighted by molar-refractivity contribution is -0.150. The number of rotatable bonds is 8. The number of benzene rings is 2. The molecule has 2 aromatic rings. The first kappa shape index (κ1) is 25.3. The highest BCUT2D eigenvalue weighted by Crippen LogP contribution is 2.40. The largest absolute Gasteiger partial charge is 0.497 e. The Bertz CT molecular complexity index is 1160. The molecular formula is C24H22BrN3O5S. The van der Waals surface area contributed by atoms with Crippen LogP contribution in [0, 0.1) is 17.2 Å². The number of methoxy groups -OCH3 is 2. The van der Waals surface area contributed by atoms with Crippen molar-refractivity contribution < 1.29 is 23.9 Å². The maximum atomic E-state index is 12.9. The minimum Gasteiger partial charge on any atom is -0.497 e. The molecule has 0 spiro atoms.